The first-order valence-electron chi connectivity index (χ1n) is 7.64. The van der Waals surface area contributed by atoms with Crippen molar-refractivity contribution in [3.8, 4) is 0 Å². The molecule has 0 aliphatic carbocycles. The fourth-order valence-corrected chi connectivity index (χ4v) is 27.7. The Bertz CT molecular complexity index is 560. The van der Waals surface area contributed by atoms with Crippen LogP contribution in [0.15, 0.2) is 16.5 Å². The van der Waals surface area contributed by atoms with Gasteiger partial charge in [-0.25, -0.2) is 0 Å². The standard InChI is InChI=1S/C16H31BrNPSi2/c1-13-10-14(2)16(15(3)11-13)19(17,12-20(4,5)6)18-21(7,8)9/h10-11H,12H2,1-9H3. The predicted octanol–water partition coefficient (Wildman–Crippen LogP) is 6.46. The Hall–Kier alpha value is 0.364. The summed E-state index contributed by atoms with van der Waals surface area (Å²) in [6.45, 7) is 21.1. The summed E-state index contributed by atoms with van der Waals surface area (Å²) in [6.07, 6.45) is 0. The number of nitrogens with zero attached hydrogens (tertiary/aromatic N) is 1. The molecule has 0 saturated carbocycles. The molecule has 1 aromatic rings. The molecule has 0 N–H and O–H groups in total. The Balaban J connectivity index is 3.65. The van der Waals surface area contributed by atoms with Gasteiger partial charge in [0.05, 0.1) is 8.07 Å². The maximum Gasteiger partial charge on any atom is 0.171 e. The van der Waals surface area contributed by atoms with Gasteiger partial charge in [-0.15, -0.1) is 0 Å². The third-order valence-corrected chi connectivity index (χ3v) is 18.4. The summed E-state index contributed by atoms with van der Waals surface area (Å²) in [7, 11) is -2.69. The number of rotatable bonds is 4. The smallest absolute Gasteiger partial charge is 0.171 e. The zero-order chi connectivity index (χ0) is 16.6. The van der Waals surface area contributed by atoms with E-state index in [2.05, 4.69) is 87.7 Å². The first-order valence-corrected chi connectivity index (χ1v) is 18.7. The van der Waals surface area contributed by atoms with Gasteiger partial charge in [0, 0.05) is 11.1 Å². The second-order valence-corrected chi connectivity index (χ2v) is 25.3. The Morgan fingerprint density at radius 3 is 1.71 bits per heavy atom. The van der Waals surface area contributed by atoms with Crippen LogP contribution in [0.2, 0.25) is 39.3 Å². The van der Waals surface area contributed by atoms with Crippen LogP contribution in [0.4, 0.5) is 0 Å². The number of hydrogen-bond donors (Lipinski definition) is 0. The molecule has 0 aromatic heterocycles. The van der Waals surface area contributed by atoms with E-state index in [0.717, 1.165) is 0 Å². The van der Waals surface area contributed by atoms with Crippen molar-refractivity contribution in [1.82, 2.24) is 0 Å². The van der Waals surface area contributed by atoms with Gasteiger partial charge in [0.15, 0.2) is 8.24 Å². The third kappa shape index (κ3) is 5.82. The fourth-order valence-electron chi connectivity index (χ4n) is 2.98. The molecule has 0 bridgehead atoms. The van der Waals surface area contributed by atoms with Crippen LogP contribution in [-0.2, 0) is 0 Å². The molecule has 0 spiro atoms. The van der Waals surface area contributed by atoms with E-state index in [1.165, 1.54) is 27.8 Å². The van der Waals surface area contributed by atoms with Gasteiger partial charge in [-0.1, -0.05) is 57.0 Å². The lowest BCUT2D eigenvalue weighted by Crippen LogP contribution is -2.30. The average molecular weight is 404 g/mol. The van der Waals surface area contributed by atoms with Crippen LogP contribution in [0.3, 0.4) is 0 Å². The van der Waals surface area contributed by atoms with Gasteiger partial charge in [0.1, 0.15) is 0 Å². The van der Waals surface area contributed by atoms with E-state index in [4.69, 9.17) is 4.41 Å². The van der Waals surface area contributed by atoms with E-state index >= 15 is 0 Å². The van der Waals surface area contributed by atoms with Crippen molar-refractivity contribution >= 4 is 42.9 Å². The summed E-state index contributed by atoms with van der Waals surface area (Å²) in [5.74, 6) is -0.340. The second-order valence-electron chi connectivity index (χ2n) is 8.42. The first-order chi connectivity index (χ1) is 9.23. The molecule has 1 atom stereocenters. The number of benzene rings is 1. The number of hydrogen-bond acceptors (Lipinski definition) is 1. The molecule has 5 heteroatoms. The zero-order valence-electron chi connectivity index (χ0n) is 15.1. The highest BCUT2D eigenvalue weighted by Crippen LogP contribution is 2.60. The van der Waals surface area contributed by atoms with E-state index < -0.39 is 22.1 Å². The third-order valence-electron chi connectivity index (χ3n) is 3.12. The second kappa shape index (κ2) is 6.47. The monoisotopic (exact) mass is 403 g/mol. The molecule has 0 amide bonds. The fraction of sp³-hybridized carbons (Fsp3) is 0.625. The highest BCUT2D eigenvalue weighted by atomic mass is 79.9. The summed E-state index contributed by atoms with van der Waals surface area (Å²) in [5.41, 5.74) is 4.18. The van der Waals surface area contributed by atoms with Gasteiger partial charge in [0.25, 0.3) is 0 Å². The molecular formula is C16H31BrNPSi2. The van der Waals surface area contributed by atoms with Crippen molar-refractivity contribution in [3.05, 3.63) is 28.8 Å². The molecule has 0 aliphatic heterocycles. The van der Waals surface area contributed by atoms with Crippen LogP contribution in [0.25, 0.3) is 0 Å². The average Bonchev–Trinajstić information content (AvgIpc) is 2.06. The molecule has 21 heavy (non-hydrogen) atoms. The van der Waals surface area contributed by atoms with Crippen molar-refractivity contribution in [2.24, 2.45) is 4.41 Å². The topological polar surface area (TPSA) is 12.4 Å². The maximum atomic E-state index is 5.45. The molecule has 0 aliphatic rings. The van der Waals surface area contributed by atoms with Crippen LogP contribution in [0.5, 0.6) is 0 Å². The first kappa shape index (κ1) is 19.4. The van der Waals surface area contributed by atoms with Crippen LogP contribution < -0.4 is 5.30 Å². The molecule has 1 aromatic carbocycles. The minimum Gasteiger partial charge on any atom is -0.324 e. The normalized spacial score (nSPS) is 15.7. The Labute approximate surface area is 141 Å². The van der Waals surface area contributed by atoms with Gasteiger partial charge >= 0.3 is 0 Å². The van der Waals surface area contributed by atoms with Gasteiger partial charge in [0.2, 0.25) is 0 Å². The predicted molar refractivity (Wildman–Crippen MR) is 110 cm³/mol. The Morgan fingerprint density at radius 2 is 1.38 bits per heavy atom. The van der Waals surface area contributed by atoms with E-state index in [1.807, 2.05) is 0 Å². The van der Waals surface area contributed by atoms with Crippen LogP contribution >= 0.6 is 21.2 Å². The lowest BCUT2D eigenvalue weighted by molar-refractivity contribution is 1.35. The molecule has 1 nitrogen and oxygen atoms in total. The zero-order valence-corrected chi connectivity index (χ0v) is 19.6. The van der Waals surface area contributed by atoms with E-state index in [0.29, 0.717) is 0 Å². The van der Waals surface area contributed by atoms with Crippen molar-refractivity contribution < 1.29 is 0 Å². The SMILES string of the molecule is Cc1cc(C)c(P(Br)(C[Si](C)(C)C)=N[Si](C)(C)C)c(C)c1. The highest BCUT2D eigenvalue weighted by molar-refractivity contribution is 9.41. The summed E-state index contributed by atoms with van der Waals surface area (Å²) in [4.78, 5) is 0. The van der Waals surface area contributed by atoms with Gasteiger partial charge in [-0.2, -0.15) is 0 Å². The largest absolute Gasteiger partial charge is 0.324 e. The quantitative estimate of drug-likeness (QED) is 0.403. The van der Waals surface area contributed by atoms with E-state index in [-0.39, 0.29) is 0 Å². The lowest BCUT2D eigenvalue weighted by atomic mass is 10.1. The minimum absolute atomic E-state index is 1.20. The number of aryl methyl sites for hydroxylation is 3. The Morgan fingerprint density at radius 1 is 0.952 bits per heavy atom. The van der Waals surface area contributed by atoms with E-state index in [1.54, 1.807) is 0 Å². The summed E-state index contributed by atoms with van der Waals surface area (Å²) < 4.78 is 5.45. The van der Waals surface area contributed by atoms with Crippen molar-refractivity contribution in [3.63, 3.8) is 0 Å². The molecule has 0 fully saturated rings. The summed E-state index contributed by atoms with van der Waals surface area (Å²) in [5, 5.41) is 1.51. The van der Waals surface area contributed by atoms with Gasteiger partial charge in [-0.05, 0) is 53.2 Å². The molecular weight excluding hydrogens is 373 g/mol. The molecule has 1 unspecified atom stereocenters. The molecule has 120 valence electrons. The van der Waals surface area contributed by atoms with Crippen molar-refractivity contribution in [2.75, 3.05) is 5.79 Å². The Kier molecular flexibility index (Phi) is 5.98. The van der Waals surface area contributed by atoms with Gasteiger partial charge in [-0.3, -0.25) is 0 Å². The van der Waals surface area contributed by atoms with E-state index in [9.17, 15) is 0 Å². The van der Waals surface area contributed by atoms with Crippen LogP contribution in [0, 0.1) is 20.8 Å². The molecule has 0 heterocycles. The lowest BCUT2D eigenvalue weighted by Gasteiger charge is -2.31. The van der Waals surface area contributed by atoms with Crippen LogP contribution in [0.1, 0.15) is 16.7 Å². The van der Waals surface area contributed by atoms with Crippen LogP contribution in [-0.4, -0.2) is 22.1 Å². The molecule has 1 rings (SSSR count). The summed E-state index contributed by atoms with van der Waals surface area (Å²) in [6, 6.07) is 4.64. The minimum atomic E-state index is -1.60. The highest BCUT2D eigenvalue weighted by Gasteiger charge is 2.31. The molecule has 0 saturated heterocycles. The van der Waals surface area contributed by atoms with Crippen molar-refractivity contribution in [2.45, 2.75) is 60.1 Å². The van der Waals surface area contributed by atoms with Gasteiger partial charge < -0.3 is 4.41 Å². The maximum absolute atomic E-state index is 5.45. The molecule has 0 radical (unpaired) electrons. The number of halogens is 1. The van der Waals surface area contributed by atoms with Crippen molar-refractivity contribution in [1.29, 1.82) is 0 Å². The summed E-state index contributed by atoms with van der Waals surface area (Å²) >= 11 is 4.21.